The lowest BCUT2D eigenvalue weighted by Crippen LogP contribution is -2.42. The molecule has 1 aromatic carbocycles. The SMILES string of the molecule is C=C(C)CN(CC)C(=O)COC(=O)C(C)(C)Oc1ccc(Cl)cc1. The molecule has 0 aliphatic rings. The average Bonchev–Trinajstić information content (AvgIpc) is 2.51. The largest absolute Gasteiger partial charge is 0.476 e. The number of nitrogens with zero attached hydrogens (tertiary/aromatic N) is 1. The molecule has 132 valence electrons. The third-order valence-electron chi connectivity index (χ3n) is 3.20. The van der Waals surface area contributed by atoms with E-state index in [9.17, 15) is 9.59 Å². The molecule has 0 saturated carbocycles. The standard InChI is InChI=1S/C18H24ClNO4/c1-6-20(11-13(2)3)16(21)12-23-17(22)18(4,5)24-15-9-7-14(19)8-10-15/h7-10H,2,6,11-12H2,1,3-5H3. The average molecular weight is 354 g/mol. The predicted octanol–water partition coefficient (Wildman–Crippen LogP) is 3.47. The highest BCUT2D eigenvalue weighted by Gasteiger charge is 2.32. The Hall–Kier alpha value is -2.01. The normalized spacial score (nSPS) is 10.9. The van der Waals surface area contributed by atoms with Crippen LogP contribution in [0.2, 0.25) is 5.02 Å². The van der Waals surface area contributed by atoms with Crippen LogP contribution in [0.1, 0.15) is 27.7 Å². The summed E-state index contributed by atoms with van der Waals surface area (Å²) < 4.78 is 10.7. The Bertz CT molecular complexity index is 596. The van der Waals surface area contributed by atoms with E-state index in [4.69, 9.17) is 21.1 Å². The summed E-state index contributed by atoms with van der Waals surface area (Å²) in [4.78, 5) is 25.9. The number of hydrogen-bond acceptors (Lipinski definition) is 4. The van der Waals surface area contributed by atoms with Crippen molar-refractivity contribution < 1.29 is 19.1 Å². The predicted molar refractivity (Wildman–Crippen MR) is 94.2 cm³/mol. The van der Waals surface area contributed by atoms with Crippen molar-refractivity contribution >= 4 is 23.5 Å². The Morgan fingerprint density at radius 2 is 1.83 bits per heavy atom. The van der Waals surface area contributed by atoms with Crippen LogP contribution in [-0.2, 0) is 14.3 Å². The maximum absolute atomic E-state index is 12.2. The first-order valence-electron chi connectivity index (χ1n) is 7.69. The Labute approximate surface area is 148 Å². The zero-order chi connectivity index (χ0) is 18.3. The summed E-state index contributed by atoms with van der Waals surface area (Å²) in [6.45, 7) is 11.3. The highest BCUT2D eigenvalue weighted by Crippen LogP contribution is 2.21. The third-order valence-corrected chi connectivity index (χ3v) is 3.45. The second kappa shape index (κ2) is 8.73. The second-order valence-electron chi connectivity index (χ2n) is 6.01. The van der Waals surface area contributed by atoms with Crippen molar-refractivity contribution in [3.05, 3.63) is 41.4 Å². The summed E-state index contributed by atoms with van der Waals surface area (Å²) in [6, 6.07) is 6.65. The summed E-state index contributed by atoms with van der Waals surface area (Å²) in [5.74, 6) is -0.390. The van der Waals surface area contributed by atoms with Crippen LogP contribution in [0.5, 0.6) is 5.75 Å². The lowest BCUT2D eigenvalue weighted by atomic mass is 10.1. The van der Waals surface area contributed by atoms with Gasteiger partial charge < -0.3 is 14.4 Å². The molecule has 1 rings (SSSR count). The van der Waals surface area contributed by atoms with Gasteiger partial charge in [0.25, 0.3) is 5.91 Å². The molecular formula is C18H24ClNO4. The molecule has 1 amide bonds. The van der Waals surface area contributed by atoms with Gasteiger partial charge in [-0.25, -0.2) is 4.79 Å². The van der Waals surface area contributed by atoms with Crippen molar-refractivity contribution in [3.63, 3.8) is 0 Å². The van der Waals surface area contributed by atoms with E-state index in [1.165, 1.54) is 0 Å². The van der Waals surface area contributed by atoms with Crippen LogP contribution in [0.15, 0.2) is 36.4 Å². The minimum absolute atomic E-state index is 0.267. The lowest BCUT2D eigenvalue weighted by molar-refractivity contribution is -0.163. The van der Waals surface area contributed by atoms with Gasteiger partial charge in [-0.05, 0) is 52.0 Å². The van der Waals surface area contributed by atoms with Crippen LogP contribution < -0.4 is 4.74 Å². The molecule has 0 aliphatic heterocycles. The molecule has 0 saturated heterocycles. The molecule has 0 atom stereocenters. The van der Waals surface area contributed by atoms with Gasteiger partial charge in [0.1, 0.15) is 5.75 Å². The summed E-state index contributed by atoms with van der Waals surface area (Å²) >= 11 is 5.81. The minimum Gasteiger partial charge on any atom is -0.476 e. The molecule has 0 unspecified atom stereocenters. The number of rotatable bonds is 8. The number of ether oxygens (including phenoxy) is 2. The number of likely N-dealkylation sites (N-methyl/N-ethyl adjacent to an activating group) is 1. The Balaban J connectivity index is 2.60. The van der Waals surface area contributed by atoms with Gasteiger partial charge >= 0.3 is 5.97 Å². The molecule has 0 fully saturated rings. The summed E-state index contributed by atoms with van der Waals surface area (Å²) in [6.07, 6.45) is 0. The first kappa shape index (κ1) is 20.0. The molecule has 0 heterocycles. The van der Waals surface area contributed by atoms with Gasteiger partial charge in [0.15, 0.2) is 12.2 Å². The van der Waals surface area contributed by atoms with Gasteiger partial charge in [0, 0.05) is 18.1 Å². The monoisotopic (exact) mass is 353 g/mol. The quantitative estimate of drug-likeness (QED) is 0.530. The number of carbonyl (C=O) groups is 2. The molecule has 0 aliphatic carbocycles. The number of esters is 1. The zero-order valence-corrected chi connectivity index (χ0v) is 15.4. The molecule has 5 nitrogen and oxygen atoms in total. The highest BCUT2D eigenvalue weighted by atomic mass is 35.5. The molecule has 0 N–H and O–H groups in total. The molecule has 6 heteroatoms. The maximum atomic E-state index is 12.2. The number of halogens is 1. The molecule has 0 spiro atoms. The minimum atomic E-state index is -1.22. The second-order valence-corrected chi connectivity index (χ2v) is 6.44. The van der Waals surface area contributed by atoms with E-state index < -0.39 is 11.6 Å². The van der Waals surface area contributed by atoms with E-state index in [2.05, 4.69) is 6.58 Å². The van der Waals surface area contributed by atoms with Gasteiger partial charge in [0.05, 0.1) is 0 Å². The first-order chi connectivity index (χ1) is 11.2. The smallest absolute Gasteiger partial charge is 0.350 e. The first-order valence-corrected chi connectivity index (χ1v) is 8.07. The van der Waals surface area contributed by atoms with Crippen LogP contribution >= 0.6 is 11.6 Å². The van der Waals surface area contributed by atoms with Crippen molar-refractivity contribution in [2.45, 2.75) is 33.3 Å². The van der Waals surface area contributed by atoms with Gasteiger partial charge in [0.2, 0.25) is 0 Å². The fraction of sp³-hybridized carbons (Fsp3) is 0.444. The number of hydrogen-bond donors (Lipinski definition) is 0. The topological polar surface area (TPSA) is 55.8 Å². The molecule has 24 heavy (non-hydrogen) atoms. The Kier molecular flexibility index (Phi) is 7.29. The van der Waals surface area contributed by atoms with E-state index in [0.29, 0.717) is 23.9 Å². The van der Waals surface area contributed by atoms with Gasteiger partial charge in [-0.3, -0.25) is 4.79 Å². The van der Waals surface area contributed by atoms with Crippen molar-refractivity contribution in [3.8, 4) is 5.75 Å². The van der Waals surface area contributed by atoms with Gasteiger partial charge in [-0.15, -0.1) is 0 Å². The van der Waals surface area contributed by atoms with Crippen molar-refractivity contribution in [2.24, 2.45) is 0 Å². The molecule has 1 aromatic rings. The van der Waals surface area contributed by atoms with Crippen molar-refractivity contribution in [1.29, 1.82) is 0 Å². The van der Waals surface area contributed by atoms with E-state index in [1.807, 2.05) is 13.8 Å². The Morgan fingerprint density at radius 1 is 1.25 bits per heavy atom. The molecular weight excluding hydrogens is 330 g/mol. The van der Waals surface area contributed by atoms with Crippen LogP contribution in [0.25, 0.3) is 0 Å². The van der Waals surface area contributed by atoms with Crippen LogP contribution in [0.3, 0.4) is 0 Å². The molecule has 0 radical (unpaired) electrons. The number of amides is 1. The fourth-order valence-corrected chi connectivity index (χ4v) is 2.06. The number of carbonyl (C=O) groups excluding carboxylic acids is 2. The fourth-order valence-electron chi connectivity index (χ4n) is 1.93. The number of benzene rings is 1. The summed E-state index contributed by atoms with van der Waals surface area (Å²) in [5, 5.41) is 0.575. The zero-order valence-electron chi connectivity index (χ0n) is 14.6. The maximum Gasteiger partial charge on any atom is 0.350 e. The van der Waals surface area contributed by atoms with E-state index in [0.717, 1.165) is 5.57 Å². The van der Waals surface area contributed by atoms with Crippen LogP contribution in [0.4, 0.5) is 0 Å². The molecule has 0 aromatic heterocycles. The third kappa shape index (κ3) is 6.24. The lowest BCUT2D eigenvalue weighted by Gasteiger charge is -2.25. The van der Waals surface area contributed by atoms with Crippen molar-refractivity contribution in [1.82, 2.24) is 4.90 Å². The molecule has 0 bridgehead atoms. The van der Waals surface area contributed by atoms with Crippen LogP contribution in [0, 0.1) is 0 Å². The van der Waals surface area contributed by atoms with E-state index in [1.54, 1.807) is 43.0 Å². The van der Waals surface area contributed by atoms with Crippen molar-refractivity contribution in [2.75, 3.05) is 19.7 Å². The van der Waals surface area contributed by atoms with E-state index >= 15 is 0 Å². The van der Waals surface area contributed by atoms with Crippen LogP contribution in [-0.4, -0.2) is 42.1 Å². The van der Waals surface area contributed by atoms with E-state index in [-0.39, 0.29) is 12.5 Å². The van der Waals surface area contributed by atoms with Gasteiger partial charge in [-0.1, -0.05) is 23.8 Å². The Morgan fingerprint density at radius 3 is 2.33 bits per heavy atom. The van der Waals surface area contributed by atoms with Gasteiger partial charge in [-0.2, -0.15) is 0 Å². The summed E-state index contributed by atoms with van der Waals surface area (Å²) in [5.41, 5.74) is -0.359. The highest BCUT2D eigenvalue weighted by molar-refractivity contribution is 6.30. The summed E-state index contributed by atoms with van der Waals surface area (Å²) in [7, 11) is 0.